The molecule has 1 atom stereocenters. The fourth-order valence-corrected chi connectivity index (χ4v) is 2.67. The summed E-state index contributed by atoms with van der Waals surface area (Å²) >= 11 is 5.14. The Labute approximate surface area is 146 Å². The highest BCUT2D eigenvalue weighted by molar-refractivity contribution is 7.80. The molecule has 3 rings (SSSR count). The molecular weight excluding hydrogens is 324 g/mol. The van der Waals surface area contributed by atoms with Gasteiger partial charge in [0.1, 0.15) is 0 Å². The van der Waals surface area contributed by atoms with E-state index < -0.39 is 0 Å². The van der Waals surface area contributed by atoms with Gasteiger partial charge >= 0.3 is 0 Å². The summed E-state index contributed by atoms with van der Waals surface area (Å²) in [7, 11) is 0. The quantitative estimate of drug-likeness (QED) is 0.583. The number of nitrogens with one attached hydrogen (secondary N) is 3. The molecule has 1 unspecified atom stereocenters. The molecule has 0 saturated carbocycles. The van der Waals surface area contributed by atoms with Crippen molar-refractivity contribution < 1.29 is 9.53 Å². The average molecular weight is 344 g/mol. The van der Waals surface area contributed by atoms with E-state index in [1.165, 1.54) is 0 Å². The van der Waals surface area contributed by atoms with Gasteiger partial charge in [0.15, 0.2) is 5.11 Å². The molecular formula is C17H20N4O2S. The molecule has 2 aromatic rings. The number of nitrogens with zero attached hydrogens (tertiary/aromatic N) is 1. The molecule has 1 amide bonds. The van der Waals surface area contributed by atoms with Crippen molar-refractivity contribution in [2.45, 2.75) is 18.9 Å². The predicted octanol–water partition coefficient (Wildman–Crippen LogP) is 1.77. The third-order valence-electron chi connectivity index (χ3n) is 3.84. The fourth-order valence-electron chi connectivity index (χ4n) is 2.53. The molecule has 126 valence electrons. The van der Waals surface area contributed by atoms with Crippen molar-refractivity contribution in [3.8, 4) is 5.69 Å². The summed E-state index contributed by atoms with van der Waals surface area (Å²) in [4.78, 5) is 12.1. The Hall–Kier alpha value is -2.38. The van der Waals surface area contributed by atoms with E-state index in [1.54, 1.807) is 12.1 Å². The Morgan fingerprint density at radius 3 is 2.62 bits per heavy atom. The molecule has 1 fully saturated rings. The summed E-state index contributed by atoms with van der Waals surface area (Å²) < 4.78 is 7.48. The average Bonchev–Trinajstić information content (AvgIpc) is 3.31. The van der Waals surface area contributed by atoms with Crippen molar-refractivity contribution in [2.24, 2.45) is 0 Å². The van der Waals surface area contributed by atoms with Crippen LogP contribution >= 0.6 is 12.2 Å². The van der Waals surface area contributed by atoms with Crippen molar-refractivity contribution in [1.29, 1.82) is 0 Å². The van der Waals surface area contributed by atoms with Crippen molar-refractivity contribution >= 4 is 23.2 Å². The van der Waals surface area contributed by atoms with Gasteiger partial charge in [0.25, 0.3) is 5.91 Å². The molecule has 0 radical (unpaired) electrons. The van der Waals surface area contributed by atoms with Gasteiger partial charge in [0.05, 0.1) is 6.10 Å². The fraction of sp³-hybridized carbons (Fsp3) is 0.294. The standard InChI is InChI=1S/C17H20N4O2S/c22-16(19-20-17(24)18-12-15-4-3-11-23-15)13-5-7-14(8-6-13)21-9-1-2-10-21/h1-2,5-10,15H,3-4,11-12H2,(H,19,22)(H2,18,20,24). The Morgan fingerprint density at radius 2 is 1.96 bits per heavy atom. The maximum atomic E-state index is 12.1. The highest BCUT2D eigenvalue weighted by Crippen LogP contribution is 2.11. The van der Waals surface area contributed by atoms with Gasteiger partial charge < -0.3 is 14.6 Å². The van der Waals surface area contributed by atoms with E-state index in [9.17, 15) is 4.79 Å². The minimum Gasteiger partial charge on any atom is -0.376 e. The van der Waals surface area contributed by atoms with Gasteiger partial charge in [0.2, 0.25) is 0 Å². The predicted molar refractivity (Wildman–Crippen MR) is 95.9 cm³/mol. The summed E-state index contributed by atoms with van der Waals surface area (Å²) in [5, 5.41) is 3.41. The molecule has 1 aliphatic rings. The highest BCUT2D eigenvalue weighted by Gasteiger charge is 2.15. The number of hydrogen-bond donors (Lipinski definition) is 3. The van der Waals surface area contributed by atoms with Crippen LogP contribution in [0, 0.1) is 0 Å². The summed E-state index contributed by atoms with van der Waals surface area (Å²) in [5.74, 6) is -0.240. The Kier molecular flexibility index (Phi) is 5.45. The van der Waals surface area contributed by atoms with Gasteiger partial charge in [-0.1, -0.05) is 0 Å². The second-order valence-corrected chi connectivity index (χ2v) is 5.97. The molecule has 2 heterocycles. The number of amides is 1. The SMILES string of the molecule is O=C(NNC(=S)NCC1CCCO1)c1ccc(-n2cccc2)cc1. The summed E-state index contributed by atoms with van der Waals surface area (Å²) in [6, 6.07) is 11.2. The van der Waals surface area contributed by atoms with Gasteiger partial charge in [-0.05, 0) is 61.5 Å². The Bertz CT molecular complexity index is 679. The van der Waals surface area contributed by atoms with Crippen LogP contribution in [0.3, 0.4) is 0 Å². The van der Waals surface area contributed by atoms with Crippen LogP contribution in [0.5, 0.6) is 0 Å². The summed E-state index contributed by atoms with van der Waals surface area (Å²) in [6.07, 6.45) is 6.23. The maximum absolute atomic E-state index is 12.1. The first kappa shape index (κ1) is 16.5. The zero-order valence-electron chi connectivity index (χ0n) is 13.2. The van der Waals surface area contributed by atoms with E-state index in [0.717, 1.165) is 25.1 Å². The van der Waals surface area contributed by atoms with E-state index in [1.807, 2.05) is 41.2 Å². The van der Waals surface area contributed by atoms with Gasteiger partial charge in [0, 0.05) is 36.8 Å². The lowest BCUT2D eigenvalue weighted by Gasteiger charge is -2.14. The number of benzene rings is 1. The molecule has 1 aliphatic heterocycles. The number of carbonyl (C=O) groups is 1. The van der Waals surface area contributed by atoms with Crippen LogP contribution < -0.4 is 16.2 Å². The van der Waals surface area contributed by atoms with Crippen LogP contribution in [0.15, 0.2) is 48.8 Å². The smallest absolute Gasteiger partial charge is 0.269 e. The first-order chi connectivity index (χ1) is 11.7. The zero-order valence-corrected chi connectivity index (χ0v) is 14.0. The topological polar surface area (TPSA) is 67.3 Å². The lowest BCUT2D eigenvalue weighted by atomic mass is 10.2. The maximum Gasteiger partial charge on any atom is 0.269 e. The van der Waals surface area contributed by atoms with Crippen LogP contribution in [0.4, 0.5) is 0 Å². The van der Waals surface area contributed by atoms with Crippen molar-refractivity contribution in [3.63, 3.8) is 0 Å². The Balaban J connectivity index is 1.45. The van der Waals surface area contributed by atoms with Gasteiger partial charge in [-0.3, -0.25) is 15.6 Å². The monoisotopic (exact) mass is 344 g/mol. The lowest BCUT2D eigenvalue weighted by Crippen LogP contribution is -2.48. The van der Waals surface area contributed by atoms with Crippen LogP contribution in [0.25, 0.3) is 5.69 Å². The number of hydrazine groups is 1. The largest absolute Gasteiger partial charge is 0.376 e. The third kappa shape index (κ3) is 4.33. The minimum atomic E-state index is -0.240. The van der Waals surface area contributed by atoms with Crippen LogP contribution in [0.1, 0.15) is 23.2 Å². The van der Waals surface area contributed by atoms with E-state index in [-0.39, 0.29) is 12.0 Å². The van der Waals surface area contributed by atoms with Crippen LogP contribution in [-0.2, 0) is 4.74 Å². The molecule has 0 spiro atoms. The molecule has 7 heteroatoms. The summed E-state index contributed by atoms with van der Waals surface area (Å²) in [5.41, 5.74) is 6.85. The lowest BCUT2D eigenvalue weighted by molar-refractivity contribution is 0.0943. The zero-order chi connectivity index (χ0) is 16.8. The molecule has 3 N–H and O–H groups in total. The van der Waals surface area contributed by atoms with E-state index in [2.05, 4.69) is 16.2 Å². The number of thiocarbonyl (C=S) groups is 1. The van der Waals surface area contributed by atoms with E-state index >= 15 is 0 Å². The normalized spacial score (nSPS) is 16.6. The molecule has 0 aliphatic carbocycles. The van der Waals surface area contributed by atoms with Crippen LogP contribution in [-0.4, -0.2) is 34.8 Å². The highest BCUT2D eigenvalue weighted by atomic mass is 32.1. The first-order valence-corrected chi connectivity index (χ1v) is 8.32. The van der Waals surface area contributed by atoms with Crippen molar-refractivity contribution in [3.05, 3.63) is 54.4 Å². The molecule has 1 saturated heterocycles. The second kappa shape index (κ2) is 7.94. The Morgan fingerprint density at radius 1 is 1.21 bits per heavy atom. The molecule has 0 bridgehead atoms. The third-order valence-corrected chi connectivity index (χ3v) is 4.08. The number of carbonyl (C=O) groups excluding carboxylic acids is 1. The van der Waals surface area contributed by atoms with Gasteiger partial charge in [-0.2, -0.15) is 0 Å². The van der Waals surface area contributed by atoms with Crippen molar-refractivity contribution in [2.75, 3.05) is 13.2 Å². The number of aromatic nitrogens is 1. The van der Waals surface area contributed by atoms with Gasteiger partial charge in [-0.15, -0.1) is 0 Å². The van der Waals surface area contributed by atoms with Crippen LogP contribution in [0.2, 0.25) is 0 Å². The first-order valence-electron chi connectivity index (χ1n) is 7.91. The molecule has 6 nitrogen and oxygen atoms in total. The van der Waals surface area contributed by atoms with Gasteiger partial charge in [-0.25, -0.2) is 0 Å². The van der Waals surface area contributed by atoms with E-state index in [0.29, 0.717) is 17.2 Å². The minimum absolute atomic E-state index is 0.196. The molecule has 1 aromatic carbocycles. The number of hydrogen-bond acceptors (Lipinski definition) is 3. The molecule has 1 aromatic heterocycles. The molecule has 24 heavy (non-hydrogen) atoms. The second-order valence-electron chi connectivity index (χ2n) is 5.56. The van der Waals surface area contributed by atoms with Crippen molar-refractivity contribution in [1.82, 2.24) is 20.7 Å². The number of ether oxygens (including phenoxy) is 1. The van der Waals surface area contributed by atoms with E-state index in [4.69, 9.17) is 17.0 Å². The summed E-state index contributed by atoms with van der Waals surface area (Å²) in [6.45, 7) is 1.45. The number of rotatable bonds is 4.